The third-order valence-electron chi connectivity index (χ3n) is 3.58. The molecule has 2 rings (SSSR count). The number of piperidine rings is 1. The zero-order valence-corrected chi connectivity index (χ0v) is 11.9. The van der Waals surface area contributed by atoms with Gasteiger partial charge in [-0.05, 0) is 56.1 Å². The lowest BCUT2D eigenvalue weighted by Crippen LogP contribution is -2.39. The highest BCUT2D eigenvalue weighted by Gasteiger charge is 2.19. The van der Waals surface area contributed by atoms with Crippen LogP contribution < -0.4 is 5.32 Å². The van der Waals surface area contributed by atoms with Crippen LogP contribution in [0.15, 0.2) is 24.3 Å². The lowest BCUT2D eigenvalue weighted by Gasteiger charge is -2.32. The van der Waals surface area contributed by atoms with Gasteiger partial charge in [0.1, 0.15) is 0 Å². The number of hydrogen-bond donors (Lipinski definition) is 1. The molecule has 0 aromatic heterocycles. The highest BCUT2D eigenvalue weighted by atomic mass is 35.5. The molecule has 18 heavy (non-hydrogen) atoms. The van der Waals surface area contributed by atoms with Gasteiger partial charge in [0.15, 0.2) is 0 Å². The Balaban J connectivity index is 1.85. The zero-order chi connectivity index (χ0) is 12.8. The van der Waals surface area contributed by atoms with Crippen LogP contribution in [-0.2, 0) is 6.54 Å². The molecule has 1 atom stereocenters. The van der Waals surface area contributed by atoms with Crippen LogP contribution >= 0.6 is 11.6 Å². The second-order valence-corrected chi connectivity index (χ2v) is 5.62. The minimum Gasteiger partial charge on any atom is -0.317 e. The van der Waals surface area contributed by atoms with Gasteiger partial charge in [0.25, 0.3) is 0 Å². The number of halogens is 1. The van der Waals surface area contributed by atoms with E-state index in [0.29, 0.717) is 0 Å². The summed E-state index contributed by atoms with van der Waals surface area (Å²) in [6.45, 7) is 7.86. The van der Waals surface area contributed by atoms with Gasteiger partial charge >= 0.3 is 0 Å². The van der Waals surface area contributed by atoms with Gasteiger partial charge in [-0.2, -0.15) is 0 Å². The predicted molar refractivity (Wildman–Crippen MR) is 78.0 cm³/mol. The second kappa shape index (κ2) is 7.13. The highest BCUT2D eigenvalue weighted by Crippen LogP contribution is 2.19. The van der Waals surface area contributed by atoms with Crippen molar-refractivity contribution in [3.8, 4) is 0 Å². The molecule has 1 aromatic rings. The van der Waals surface area contributed by atoms with Crippen molar-refractivity contribution in [3.63, 3.8) is 0 Å². The van der Waals surface area contributed by atoms with E-state index < -0.39 is 0 Å². The lowest BCUT2D eigenvalue weighted by atomic mass is 9.97. The van der Waals surface area contributed by atoms with E-state index in [1.165, 1.54) is 31.5 Å². The van der Waals surface area contributed by atoms with Crippen LogP contribution in [0.25, 0.3) is 0 Å². The number of nitrogens with zero attached hydrogens (tertiary/aromatic N) is 1. The average molecular weight is 267 g/mol. The first kappa shape index (κ1) is 13.9. The Morgan fingerprint density at radius 1 is 1.44 bits per heavy atom. The van der Waals surface area contributed by atoms with Gasteiger partial charge in [-0.3, -0.25) is 4.90 Å². The largest absolute Gasteiger partial charge is 0.317 e. The molecule has 0 amide bonds. The SMILES string of the molecule is CCNCC1CCCN(Cc2cccc(Cl)c2)C1. The molecule has 2 nitrogen and oxygen atoms in total. The van der Waals surface area contributed by atoms with Crippen molar-refractivity contribution in [2.24, 2.45) is 5.92 Å². The van der Waals surface area contributed by atoms with E-state index in [1.807, 2.05) is 12.1 Å². The van der Waals surface area contributed by atoms with Crippen LogP contribution in [0.1, 0.15) is 25.3 Å². The van der Waals surface area contributed by atoms with Gasteiger partial charge in [-0.1, -0.05) is 30.7 Å². The van der Waals surface area contributed by atoms with Crippen LogP contribution in [-0.4, -0.2) is 31.1 Å². The minimum atomic E-state index is 0.804. The van der Waals surface area contributed by atoms with Crippen LogP contribution in [0, 0.1) is 5.92 Å². The fourth-order valence-corrected chi connectivity index (χ4v) is 2.92. The first-order valence-corrected chi connectivity index (χ1v) is 7.33. The van der Waals surface area contributed by atoms with E-state index in [0.717, 1.165) is 30.6 Å². The summed E-state index contributed by atoms with van der Waals surface area (Å²) in [5, 5.41) is 4.31. The Bertz CT molecular complexity index is 367. The number of nitrogens with one attached hydrogen (secondary N) is 1. The quantitative estimate of drug-likeness (QED) is 0.881. The van der Waals surface area contributed by atoms with Gasteiger partial charge in [-0.15, -0.1) is 0 Å². The molecule has 1 aromatic carbocycles. The molecular weight excluding hydrogens is 244 g/mol. The summed E-state index contributed by atoms with van der Waals surface area (Å²) in [4.78, 5) is 2.55. The summed E-state index contributed by atoms with van der Waals surface area (Å²) in [5.41, 5.74) is 1.33. The Labute approximate surface area is 115 Å². The first-order chi connectivity index (χ1) is 8.78. The van der Waals surface area contributed by atoms with E-state index >= 15 is 0 Å². The molecule has 3 heteroatoms. The molecule has 0 bridgehead atoms. The number of rotatable bonds is 5. The molecular formula is C15H23ClN2. The van der Waals surface area contributed by atoms with Gasteiger partial charge in [0.05, 0.1) is 0 Å². The van der Waals surface area contributed by atoms with Gasteiger partial charge in [0.2, 0.25) is 0 Å². The third kappa shape index (κ3) is 4.27. The van der Waals surface area contributed by atoms with E-state index in [1.54, 1.807) is 0 Å². The Morgan fingerprint density at radius 3 is 3.11 bits per heavy atom. The third-order valence-corrected chi connectivity index (χ3v) is 3.82. The molecule has 0 spiro atoms. The Kier molecular flexibility index (Phi) is 5.48. The Hall–Kier alpha value is -0.570. The predicted octanol–water partition coefficient (Wildman–Crippen LogP) is 3.16. The molecule has 0 aliphatic carbocycles. The molecule has 1 fully saturated rings. The van der Waals surface area contributed by atoms with Crippen molar-refractivity contribution >= 4 is 11.6 Å². The molecule has 1 heterocycles. The summed E-state index contributed by atoms with van der Waals surface area (Å²) in [6, 6.07) is 8.22. The maximum absolute atomic E-state index is 6.03. The van der Waals surface area contributed by atoms with Crippen molar-refractivity contribution in [3.05, 3.63) is 34.9 Å². The standard InChI is InChI=1S/C15H23ClN2/c1-2-17-10-14-6-4-8-18(12-14)11-13-5-3-7-15(16)9-13/h3,5,7,9,14,17H,2,4,6,8,10-12H2,1H3. The van der Waals surface area contributed by atoms with Crippen molar-refractivity contribution in [2.75, 3.05) is 26.2 Å². The molecule has 0 radical (unpaired) electrons. The van der Waals surface area contributed by atoms with Crippen molar-refractivity contribution in [2.45, 2.75) is 26.3 Å². The second-order valence-electron chi connectivity index (χ2n) is 5.18. The zero-order valence-electron chi connectivity index (χ0n) is 11.2. The van der Waals surface area contributed by atoms with E-state index in [-0.39, 0.29) is 0 Å². The molecule has 1 saturated heterocycles. The monoisotopic (exact) mass is 266 g/mol. The van der Waals surface area contributed by atoms with E-state index in [2.05, 4.69) is 29.3 Å². The van der Waals surface area contributed by atoms with Crippen LogP contribution in [0.3, 0.4) is 0 Å². The maximum Gasteiger partial charge on any atom is 0.0409 e. The summed E-state index contributed by atoms with van der Waals surface area (Å²) in [5.74, 6) is 0.804. The van der Waals surface area contributed by atoms with Crippen LogP contribution in [0.5, 0.6) is 0 Å². The number of hydrogen-bond acceptors (Lipinski definition) is 2. The number of benzene rings is 1. The van der Waals surface area contributed by atoms with Gasteiger partial charge in [0, 0.05) is 18.1 Å². The average Bonchev–Trinajstić information content (AvgIpc) is 2.37. The van der Waals surface area contributed by atoms with Gasteiger partial charge < -0.3 is 5.32 Å². The normalized spacial score (nSPS) is 21.1. The lowest BCUT2D eigenvalue weighted by molar-refractivity contribution is 0.166. The summed E-state index contributed by atoms with van der Waals surface area (Å²) < 4.78 is 0. The van der Waals surface area contributed by atoms with Crippen molar-refractivity contribution in [1.29, 1.82) is 0 Å². The summed E-state index contributed by atoms with van der Waals surface area (Å²) >= 11 is 6.03. The molecule has 1 unspecified atom stereocenters. The smallest absolute Gasteiger partial charge is 0.0409 e. The molecule has 1 aliphatic heterocycles. The minimum absolute atomic E-state index is 0.804. The van der Waals surface area contributed by atoms with Crippen LogP contribution in [0.4, 0.5) is 0 Å². The fourth-order valence-electron chi connectivity index (χ4n) is 2.70. The molecule has 1 aliphatic rings. The molecule has 0 saturated carbocycles. The maximum atomic E-state index is 6.03. The van der Waals surface area contributed by atoms with Crippen LogP contribution in [0.2, 0.25) is 5.02 Å². The topological polar surface area (TPSA) is 15.3 Å². The van der Waals surface area contributed by atoms with Crippen molar-refractivity contribution in [1.82, 2.24) is 10.2 Å². The summed E-state index contributed by atoms with van der Waals surface area (Å²) in [7, 11) is 0. The first-order valence-electron chi connectivity index (χ1n) is 6.95. The highest BCUT2D eigenvalue weighted by molar-refractivity contribution is 6.30. The summed E-state index contributed by atoms with van der Waals surface area (Å²) in [6.07, 6.45) is 2.68. The van der Waals surface area contributed by atoms with E-state index in [9.17, 15) is 0 Å². The fraction of sp³-hybridized carbons (Fsp3) is 0.600. The molecule has 1 N–H and O–H groups in total. The van der Waals surface area contributed by atoms with E-state index in [4.69, 9.17) is 11.6 Å². The molecule has 100 valence electrons. The van der Waals surface area contributed by atoms with Crippen molar-refractivity contribution < 1.29 is 0 Å². The number of likely N-dealkylation sites (tertiary alicyclic amines) is 1. The Morgan fingerprint density at radius 2 is 2.33 bits per heavy atom. The van der Waals surface area contributed by atoms with Gasteiger partial charge in [-0.25, -0.2) is 0 Å².